The van der Waals surface area contributed by atoms with Crippen LogP contribution in [0.15, 0.2) is 34.2 Å². The van der Waals surface area contributed by atoms with Crippen molar-refractivity contribution in [2.24, 2.45) is 0 Å². The van der Waals surface area contributed by atoms with Crippen LogP contribution in [0.2, 0.25) is 0 Å². The van der Waals surface area contributed by atoms with E-state index < -0.39 is 0 Å². The molecule has 0 amide bonds. The van der Waals surface area contributed by atoms with E-state index in [1.54, 1.807) is 39.2 Å². The summed E-state index contributed by atoms with van der Waals surface area (Å²) in [5, 5.41) is 3.11. The predicted molar refractivity (Wildman–Crippen MR) is 138 cm³/mol. The van der Waals surface area contributed by atoms with Gasteiger partial charge in [-0.1, -0.05) is 49.4 Å². The van der Waals surface area contributed by atoms with Gasteiger partial charge in [-0.15, -0.1) is 0 Å². The first-order valence-corrected chi connectivity index (χ1v) is 9.11. The van der Waals surface area contributed by atoms with Crippen LogP contribution in [0, 0.1) is 0 Å². The Kier molecular flexibility index (Phi) is 35.1. The quantitative estimate of drug-likeness (QED) is 0.405. The SMILES string of the molecule is CCC(OC)OC.CCC(OC)OC.CCC1=C2C=CC(=C1)[Si]2.S.S.S.S. The number of hydrogen-bond acceptors (Lipinski definition) is 4. The smallest absolute Gasteiger partial charge is 0.156 e. The lowest BCUT2D eigenvalue weighted by molar-refractivity contribution is -0.103. The highest BCUT2D eigenvalue weighted by Gasteiger charge is 2.16. The van der Waals surface area contributed by atoms with Crippen molar-refractivity contribution in [3.8, 4) is 0 Å². The monoisotopic (exact) mass is 476 g/mol. The molecule has 2 aliphatic rings. The van der Waals surface area contributed by atoms with Crippen molar-refractivity contribution in [3.63, 3.8) is 0 Å². The molecule has 2 aliphatic heterocycles. The molecule has 0 fully saturated rings. The second-order valence-corrected chi connectivity index (χ2v) is 6.33. The van der Waals surface area contributed by atoms with Crippen molar-refractivity contribution in [1.29, 1.82) is 0 Å². The lowest BCUT2D eigenvalue weighted by Gasteiger charge is -2.08. The fourth-order valence-electron chi connectivity index (χ4n) is 2.10. The van der Waals surface area contributed by atoms with Crippen LogP contribution in [0.4, 0.5) is 0 Å². The highest BCUT2D eigenvalue weighted by atomic mass is 32.1. The fraction of sp³-hybridized carbons (Fsp3) is 0.667. The minimum Gasteiger partial charge on any atom is -0.356 e. The molecule has 0 atom stereocenters. The van der Waals surface area contributed by atoms with E-state index >= 15 is 0 Å². The zero-order valence-electron chi connectivity index (χ0n) is 17.6. The van der Waals surface area contributed by atoms with Crippen LogP contribution >= 0.6 is 54.0 Å². The summed E-state index contributed by atoms with van der Waals surface area (Å²) in [6.45, 7) is 6.24. The Hall–Kier alpha value is 0.677. The van der Waals surface area contributed by atoms with Crippen LogP contribution < -0.4 is 0 Å². The number of ether oxygens (including phenoxy) is 4. The van der Waals surface area contributed by atoms with E-state index in [0.717, 1.165) is 22.4 Å². The zero-order chi connectivity index (χ0) is 17.7. The molecule has 2 rings (SSSR count). The van der Waals surface area contributed by atoms with Gasteiger partial charge in [0.15, 0.2) is 12.6 Å². The zero-order valence-corrected chi connectivity index (χ0v) is 22.6. The average Bonchev–Trinajstić information content (AvgIpc) is 3.22. The predicted octanol–water partition coefficient (Wildman–Crippen LogP) is 4.30. The molecule has 0 spiro atoms. The van der Waals surface area contributed by atoms with E-state index in [-0.39, 0.29) is 66.6 Å². The van der Waals surface area contributed by atoms with E-state index in [2.05, 4.69) is 25.2 Å². The highest BCUT2D eigenvalue weighted by Crippen LogP contribution is 2.27. The maximum absolute atomic E-state index is 4.83. The van der Waals surface area contributed by atoms with E-state index in [1.165, 1.54) is 11.6 Å². The molecular formula is C18H40O4S4Si. The van der Waals surface area contributed by atoms with Crippen molar-refractivity contribution in [3.05, 3.63) is 34.2 Å². The molecule has 0 saturated heterocycles. The van der Waals surface area contributed by atoms with Gasteiger partial charge in [-0.05, 0) is 24.8 Å². The molecule has 164 valence electrons. The molecule has 0 aliphatic carbocycles. The summed E-state index contributed by atoms with van der Waals surface area (Å²) in [6.07, 6.45) is 9.81. The summed E-state index contributed by atoms with van der Waals surface area (Å²) >= 11 is 0. The van der Waals surface area contributed by atoms with Crippen LogP contribution in [0.1, 0.15) is 40.0 Å². The lowest BCUT2D eigenvalue weighted by Crippen LogP contribution is -2.10. The second kappa shape index (κ2) is 24.7. The number of fused-ring (bicyclic) bond motifs is 2. The molecule has 0 aromatic carbocycles. The van der Waals surface area contributed by atoms with Crippen LogP contribution in [0.5, 0.6) is 0 Å². The number of rotatable bonds is 7. The average molecular weight is 477 g/mol. The Labute approximate surface area is 197 Å². The molecule has 0 unspecified atom stereocenters. The molecule has 2 radical (unpaired) electrons. The van der Waals surface area contributed by atoms with Gasteiger partial charge in [0.05, 0.1) is 0 Å². The molecule has 0 aromatic rings. The van der Waals surface area contributed by atoms with E-state index in [0.29, 0.717) is 0 Å². The van der Waals surface area contributed by atoms with E-state index in [1.807, 2.05) is 13.8 Å². The van der Waals surface area contributed by atoms with Gasteiger partial charge in [-0.3, -0.25) is 0 Å². The van der Waals surface area contributed by atoms with Gasteiger partial charge in [0.25, 0.3) is 0 Å². The molecule has 9 heteroatoms. The third-order valence-corrected chi connectivity index (χ3v) is 4.84. The van der Waals surface area contributed by atoms with Crippen molar-refractivity contribution < 1.29 is 18.9 Å². The first-order chi connectivity index (χ1) is 11.1. The first kappa shape index (κ1) is 38.3. The first-order valence-electron chi connectivity index (χ1n) is 8.11. The molecule has 0 N–H and O–H groups in total. The molecule has 2 heterocycles. The summed E-state index contributed by atoms with van der Waals surface area (Å²) in [7, 11) is 7.53. The Morgan fingerprint density at radius 3 is 1.26 bits per heavy atom. The topological polar surface area (TPSA) is 36.9 Å². The van der Waals surface area contributed by atoms with Crippen LogP contribution in [0.3, 0.4) is 0 Å². The standard InChI is InChI=1S/C8H8Si.2C5H12O2.4H2S/c1-2-6-5-7-3-4-8(6)9-7;2*1-4-5(6-2)7-3;;;;/h3-5H,2H2,1H3;2*5H,4H2,1-3H3;4*1H2. The summed E-state index contributed by atoms with van der Waals surface area (Å²) in [5.41, 5.74) is 1.56. The molecule has 2 bridgehead atoms. The minimum absolute atomic E-state index is 0. The Morgan fingerprint density at radius 2 is 1.15 bits per heavy atom. The lowest BCUT2D eigenvalue weighted by atomic mass is 10.1. The van der Waals surface area contributed by atoms with Gasteiger partial charge in [0, 0.05) is 28.4 Å². The van der Waals surface area contributed by atoms with Gasteiger partial charge in [0.2, 0.25) is 0 Å². The Bertz CT molecular complexity index is 387. The third kappa shape index (κ3) is 16.2. The normalized spacial score (nSPS) is 12.6. The molecule has 4 nitrogen and oxygen atoms in total. The van der Waals surface area contributed by atoms with E-state index in [4.69, 9.17) is 18.9 Å². The number of hydrogen-bond donors (Lipinski definition) is 0. The Morgan fingerprint density at radius 1 is 0.741 bits per heavy atom. The van der Waals surface area contributed by atoms with Crippen molar-refractivity contribution in [2.75, 3.05) is 28.4 Å². The second-order valence-electron chi connectivity index (χ2n) is 4.97. The van der Waals surface area contributed by atoms with Crippen LogP contribution in [0.25, 0.3) is 0 Å². The number of methoxy groups -OCH3 is 4. The van der Waals surface area contributed by atoms with Crippen molar-refractivity contribution >= 4 is 63.5 Å². The third-order valence-electron chi connectivity index (χ3n) is 3.48. The maximum Gasteiger partial charge on any atom is 0.156 e. The summed E-state index contributed by atoms with van der Waals surface area (Å²) in [5.74, 6) is 0. The van der Waals surface area contributed by atoms with Gasteiger partial charge in [-0.25, -0.2) is 0 Å². The summed E-state index contributed by atoms with van der Waals surface area (Å²) in [6, 6.07) is 0. The minimum atomic E-state index is -0.0139. The van der Waals surface area contributed by atoms with Gasteiger partial charge in [0.1, 0.15) is 9.52 Å². The molecule has 27 heavy (non-hydrogen) atoms. The van der Waals surface area contributed by atoms with Gasteiger partial charge in [-0.2, -0.15) is 54.0 Å². The van der Waals surface area contributed by atoms with Crippen LogP contribution in [-0.4, -0.2) is 50.5 Å². The summed E-state index contributed by atoms with van der Waals surface area (Å²) in [4.78, 5) is 0. The molecule has 0 aromatic heterocycles. The maximum atomic E-state index is 4.83. The molecule has 0 saturated carbocycles. The summed E-state index contributed by atoms with van der Waals surface area (Å²) < 4.78 is 19.3. The van der Waals surface area contributed by atoms with Crippen molar-refractivity contribution in [1.82, 2.24) is 0 Å². The van der Waals surface area contributed by atoms with Gasteiger partial charge < -0.3 is 18.9 Å². The van der Waals surface area contributed by atoms with E-state index in [9.17, 15) is 0 Å². The number of allylic oxidation sites excluding steroid dienone is 6. The fourth-order valence-corrected chi connectivity index (χ4v) is 3.40. The Balaban J connectivity index is -0.0000000847. The molecular weight excluding hydrogens is 437 g/mol. The largest absolute Gasteiger partial charge is 0.356 e. The highest BCUT2D eigenvalue weighted by molar-refractivity contribution is 7.59. The van der Waals surface area contributed by atoms with Crippen LogP contribution in [-0.2, 0) is 18.9 Å². The van der Waals surface area contributed by atoms with Gasteiger partial charge >= 0.3 is 0 Å². The van der Waals surface area contributed by atoms with Crippen molar-refractivity contribution in [2.45, 2.75) is 52.6 Å².